The number of nitrogens with one attached hydrogen (secondary N) is 2. The summed E-state index contributed by atoms with van der Waals surface area (Å²) in [5, 5.41) is 8.72. The van der Waals surface area contributed by atoms with Crippen LogP contribution in [0.4, 0.5) is 18.9 Å². The Kier molecular flexibility index (Phi) is 6.40. The number of piperazine rings is 1. The van der Waals surface area contributed by atoms with Crippen LogP contribution in [-0.4, -0.2) is 53.8 Å². The molecule has 5 rings (SSSR count). The Balaban J connectivity index is 1.42. The number of nitrogens with zero attached hydrogens (tertiary/aromatic N) is 3. The van der Waals surface area contributed by atoms with Crippen molar-refractivity contribution in [3.05, 3.63) is 87.3 Å². The summed E-state index contributed by atoms with van der Waals surface area (Å²) in [6, 6.07) is 13.5. The Morgan fingerprint density at radius 2 is 1.89 bits per heavy atom. The molecule has 1 atom stereocenters. The fourth-order valence-electron chi connectivity index (χ4n) is 4.72. The van der Waals surface area contributed by atoms with Crippen molar-refractivity contribution in [2.45, 2.75) is 18.8 Å². The maximum Gasteiger partial charge on any atom is 0.423 e. The number of aromatic nitrogens is 2. The van der Waals surface area contributed by atoms with Crippen LogP contribution >= 0.6 is 0 Å². The van der Waals surface area contributed by atoms with Gasteiger partial charge in [0.05, 0.1) is 17.9 Å². The zero-order valence-corrected chi connectivity index (χ0v) is 19.2. The Labute approximate surface area is 204 Å². The van der Waals surface area contributed by atoms with Gasteiger partial charge >= 0.3 is 6.18 Å². The summed E-state index contributed by atoms with van der Waals surface area (Å²) >= 11 is 0. The summed E-state index contributed by atoms with van der Waals surface area (Å²) < 4.78 is 47.4. The normalized spacial score (nSPS) is 17.7. The molecule has 0 radical (unpaired) electrons. The van der Waals surface area contributed by atoms with Crippen LogP contribution in [0.2, 0.25) is 0 Å². The molecule has 11 heteroatoms. The first-order valence-corrected chi connectivity index (χ1v) is 11.5. The lowest BCUT2D eigenvalue weighted by Crippen LogP contribution is -2.46. The molecule has 2 aromatic carbocycles. The number of carbonyl (C=O) groups is 1. The first-order valence-electron chi connectivity index (χ1n) is 11.5. The summed E-state index contributed by atoms with van der Waals surface area (Å²) in [6.07, 6.45) is -3.83. The lowest BCUT2D eigenvalue weighted by molar-refractivity contribution is -0.138. The molecule has 1 saturated heterocycles. The lowest BCUT2D eigenvalue weighted by Gasteiger charge is -2.29. The van der Waals surface area contributed by atoms with Crippen molar-refractivity contribution in [3.63, 3.8) is 0 Å². The number of anilines is 1. The summed E-state index contributed by atoms with van der Waals surface area (Å²) in [5.74, 6) is 0.333. The van der Waals surface area contributed by atoms with Gasteiger partial charge in [-0.05, 0) is 29.3 Å². The van der Waals surface area contributed by atoms with Crippen LogP contribution in [0.25, 0.3) is 0 Å². The molecule has 1 aromatic heterocycles. The zero-order valence-electron chi connectivity index (χ0n) is 19.2. The van der Waals surface area contributed by atoms with E-state index >= 15 is 0 Å². The van der Waals surface area contributed by atoms with Crippen LogP contribution in [0.3, 0.4) is 0 Å². The number of rotatable bonds is 5. The molecule has 0 spiro atoms. The van der Waals surface area contributed by atoms with Crippen molar-refractivity contribution in [1.29, 1.82) is 0 Å². The molecule has 188 valence electrons. The number of hydrogen-bond acceptors (Lipinski definition) is 6. The molecular formula is C25H24F3N5O3. The van der Waals surface area contributed by atoms with Gasteiger partial charge in [0.1, 0.15) is 17.9 Å². The smallest absolute Gasteiger partial charge is 0.423 e. The molecule has 1 amide bonds. The van der Waals surface area contributed by atoms with Gasteiger partial charge in [0, 0.05) is 38.3 Å². The van der Waals surface area contributed by atoms with Crippen molar-refractivity contribution in [2.75, 3.05) is 37.7 Å². The second-order valence-corrected chi connectivity index (χ2v) is 8.68. The van der Waals surface area contributed by atoms with Crippen LogP contribution in [-0.2, 0) is 12.7 Å². The van der Waals surface area contributed by atoms with Crippen LogP contribution < -0.4 is 20.5 Å². The summed E-state index contributed by atoms with van der Waals surface area (Å²) in [7, 11) is 0. The average Bonchev–Trinajstić information content (AvgIpc) is 3.25. The summed E-state index contributed by atoms with van der Waals surface area (Å²) in [4.78, 5) is 28.2. The third-order valence-corrected chi connectivity index (χ3v) is 6.45. The van der Waals surface area contributed by atoms with Crippen LogP contribution in [0.15, 0.2) is 59.5 Å². The Morgan fingerprint density at radius 3 is 2.67 bits per heavy atom. The number of fused-ring (bicyclic) bond motifs is 1. The second-order valence-electron chi connectivity index (χ2n) is 8.68. The molecule has 2 N–H and O–H groups in total. The van der Waals surface area contributed by atoms with E-state index in [0.717, 1.165) is 30.4 Å². The van der Waals surface area contributed by atoms with Gasteiger partial charge in [-0.1, -0.05) is 30.3 Å². The lowest BCUT2D eigenvalue weighted by atomic mass is 10.1. The largest absolute Gasteiger partial charge is 0.491 e. The minimum atomic E-state index is -4.86. The number of hydrogen-bond donors (Lipinski definition) is 2. The topological polar surface area (TPSA) is 90.6 Å². The molecular weight excluding hydrogens is 475 g/mol. The SMILES string of the molecule is O=C(c1cccc(OCC2c3ccccc3CN2c2cn[nH]c(=O)c2C(F)(F)F)c1)N1CCNCC1. The van der Waals surface area contributed by atoms with Gasteiger partial charge in [0.2, 0.25) is 0 Å². The van der Waals surface area contributed by atoms with Gasteiger partial charge in [0.15, 0.2) is 0 Å². The standard InChI is InChI=1S/C25H24F3N5O3/c26-25(27,28)22-20(13-30-31-23(22)34)33-14-17-4-1-2-7-19(17)21(33)15-36-18-6-3-5-16(12-18)24(35)32-10-8-29-9-11-32/h1-7,12-13,21,29H,8-11,14-15H2,(H,31,34). The Hall–Kier alpha value is -3.86. The Bertz CT molecular complexity index is 1320. The highest BCUT2D eigenvalue weighted by Crippen LogP contribution is 2.42. The summed E-state index contributed by atoms with van der Waals surface area (Å²) in [6.45, 7) is 2.87. The minimum absolute atomic E-state index is 0.00634. The highest BCUT2D eigenvalue weighted by Gasteiger charge is 2.42. The first kappa shape index (κ1) is 23.9. The molecule has 3 heterocycles. The maximum atomic E-state index is 13.8. The number of H-pyrrole nitrogens is 1. The van der Waals surface area contributed by atoms with Gasteiger partial charge in [0.25, 0.3) is 11.5 Å². The van der Waals surface area contributed by atoms with E-state index in [4.69, 9.17) is 4.74 Å². The Morgan fingerprint density at radius 1 is 1.11 bits per heavy atom. The third kappa shape index (κ3) is 4.66. The molecule has 1 unspecified atom stereocenters. The number of ether oxygens (including phenoxy) is 1. The van der Waals surface area contributed by atoms with Crippen LogP contribution in [0.5, 0.6) is 5.75 Å². The monoisotopic (exact) mass is 499 g/mol. The van der Waals surface area contributed by atoms with E-state index in [0.29, 0.717) is 24.4 Å². The zero-order chi connectivity index (χ0) is 25.3. The van der Waals surface area contributed by atoms with E-state index in [1.54, 1.807) is 29.2 Å². The molecule has 2 aliphatic heterocycles. The predicted octanol–water partition coefficient (Wildman–Crippen LogP) is 2.97. The number of benzene rings is 2. The number of amides is 1. The van der Waals surface area contributed by atoms with Gasteiger partial charge in [-0.15, -0.1) is 0 Å². The van der Waals surface area contributed by atoms with Gasteiger partial charge in [-0.3, -0.25) is 9.59 Å². The van der Waals surface area contributed by atoms with E-state index in [1.807, 2.05) is 29.4 Å². The van der Waals surface area contributed by atoms with Gasteiger partial charge in [-0.25, -0.2) is 5.10 Å². The van der Waals surface area contributed by atoms with Crippen LogP contribution in [0, 0.1) is 0 Å². The van der Waals surface area contributed by atoms with Crippen LogP contribution in [0.1, 0.15) is 33.1 Å². The third-order valence-electron chi connectivity index (χ3n) is 6.45. The van der Waals surface area contributed by atoms with Crippen molar-refractivity contribution in [3.8, 4) is 5.75 Å². The molecule has 0 bridgehead atoms. The van der Waals surface area contributed by atoms with Crippen molar-refractivity contribution in [2.24, 2.45) is 0 Å². The minimum Gasteiger partial charge on any atom is -0.491 e. The molecule has 1 fully saturated rings. The molecule has 36 heavy (non-hydrogen) atoms. The molecule has 0 aliphatic carbocycles. The molecule has 8 nitrogen and oxygen atoms in total. The summed E-state index contributed by atoms with van der Waals surface area (Å²) in [5.41, 5.74) is -0.773. The van der Waals surface area contributed by atoms with Crippen molar-refractivity contribution < 1.29 is 22.7 Å². The number of carbonyl (C=O) groups excluding carboxylic acids is 1. The van der Waals surface area contributed by atoms with E-state index in [2.05, 4.69) is 10.4 Å². The molecule has 3 aromatic rings. The maximum absolute atomic E-state index is 13.8. The first-order chi connectivity index (χ1) is 17.3. The quantitative estimate of drug-likeness (QED) is 0.561. The second kappa shape index (κ2) is 9.65. The fourth-order valence-corrected chi connectivity index (χ4v) is 4.72. The highest BCUT2D eigenvalue weighted by atomic mass is 19.4. The van der Waals surface area contributed by atoms with E-state index in [-0.39, 0.29) is 24.7 Å². The van der Waals surface area contributed by atoms with E-state index in [1.165, 1.54) is 4.90 Å². The fraction of sp³-hybridized carbons (Fsp3) is 0.320. The van der Waals surface area contributed by atoms with Gasteiger partial charge in [-0.2, -0.15) is 18.3 Å². The highest BCUT2D eigenvalue weighted by molar-refractivity contribution is 5.94. The molecule has 0 saturated carbocycles. The number of aromatic amines is 1. The van der Waals surface area contributed by atoms with E-state index in [9.17, 15) is 22.8 Å². The number of alkyl halides is 3. The van der Waals surface area contributed by atoms with Gasteiger partial charge < -0.3 is 19.9 Å². The van der Waals surface area contributed by atoms with E-state index < -0.39 is 23.3 Å². The average molecular weight is 499 g/mol. The van der Waals surface area contributed by atoms with Crippen molar-refractivity contribution >= 4 is 11.6 Å². The molecule has 2 aliphatic rings. The number of halogens is 3. The van der Waals surface area contributed by atoms with Crippen molar-refractivity contribution in [1.82, 2.24) is 20.4 Å². The predicted molar refractivity (Wildman–Crippen MR) is 126 cm³/mol.